The Balaban J connectivity index is 1.31. The van der Waals surface area contributed by atoms with Gasteiger partial charge < -0.3 is 4.90 Å². The van der Waals surface area contributed by atoms with E-state index >= 15 is 0 Å². The highest BCUT2D eigenvalue weighted by atomic mass is 16.1. The number of aromatic nitrogens is 5. The molecule has 0 atom stereocenters. The van der Waals surface area contributed by atoms with Gasteiger partial charge in [-0.15, -0.1) is 0 Å². The molecule has 3 aromatic rings. The second-order valence-electron chi connectivity index (χ2n) is 7.23. The lowest BCUT2D eigenvalue weighted by molar-refractivity contribution is 0.333. The lowest BCUT2D eigenvalue weighted by Gasteiger charge is -2.40. The molecule has 4 heterocycles. The van der Waals surface area contributed by atoms with Crippen LogP contribution in [-0.4, -0.2) is 37.8 Å². The lowest BCUT2D eigenvalue weighted by Crippen LogP contribution is -2.50. The van der Waals surface area contributed by atoms with Gasteiger partial charge in [0.15, 0.2) is 0 Å². The molecule has 1 aliphatic heterocycles. The van der Waals surface area contributed by atoms with Crippen molar-refractivity contribution in [2.45, 2.75) is 25.8 Å². The highest BCUT2D eigenvalue weighted by Gasteiger charge is 2.31. The van der Waals surface area contributed by atoms with Gasteiger partial charge >= 0.3 is 0 Å². The van der Waals surface area contributed by atoms with Crippen molar-refractivity contribution in [3.8, 4) is 11.3 Å². The van der Waals surface area contributed by atoms with E-state index in [0.29, 0.717) is 12.5 Å². The van der Waals surface area contributed by atoms with E-state index < -0.39 is 0 Å². The molecule has 5 rings (SSSR count). The second-order valence-corrected chi connectivity index (χ2v) is 7.23. The summed E-state index contributed by atoms with van der Waals surface area (Å²) < 4.78 is 1.58. The minimum atomic E-state index is -0.0657. The summed E-state index contributed by atoms with van der Waals surface area (Å²) >= 11 is 0. The predicted octanol–water partition coefficient (Wildman–Crippen LogP) is 1.72. The van der Waals surface area contributed by atoms with Crippen LogP contribution in [0.5, 0.6) is 0 Å². The second kappa shape index (κ2) is 6.57. The Morgan fingerprint density at radius 1 is 1.11 bits per heavy atom. The molecule has 0 N–H and O–H groups in total. The maximum atomic E-state index is 12.2. The maximum Gasteiger partial charge on any atom is 0.266 e. The smallest absolute Gasteiger partial charge is 0.266 e. The van der Waals surface area contributed by atoms with Crippen LogP contribution in [0.25, 0.3) is 11.3 Å². The van der Waals surface area contributed by atoms with Gasteiger partial charge in [0.1, 0.15) is 12.1 Å². The van der Waals surface area contributed by atoms with Gasteiger partial charge in [-0.05, 0) is 37.5 Å². The Kier molecular flexibility index (Phi) is 3.92. The van der Waals surface area contributed by atoms with Gasteiger partial charge in [-0.2, -0.15) is 5.10 Å². The van der Waals surface area contributed by atoms with Crippen molar-refractivity contribution in [2.24, 2.45) is 5.92 Å². The van der Waals surface area contributed by atoms with Crippen molar-refractivity contribution in [1.29, 1.82) is 0 Å². The number of anilines is 1. The number of fused-ring (bicyclic) bond motifs is 1. The predicted molar refractivity (Wildman–Crippen MR) is 101 cm³/mol. The average molecular weight is 360 g/mol. The molecule has 7 nitrogen and oxygen atoms in total. The summed E-state index contributed by atoms with van der Waals surface area (Å²) in [5.74, 6) is 1.48. The molecule has 3 aromatic heterocycles. The summed E-state index contributed by atoms with van der Waals surface area (Å²) in [4.78, 5) is 27.6. The van der Waals surface area contributed by atoms with Crippen molar-refractivity contribution >= 4 is 5.82 Å². The monoisotopic (exact) mass is 360 g/mol. The third kappa shape index (κ3) is 2.99. The zero-order chi connectivity index (χ0) is 18.2. The Bertz CT molecular complexity index is 1030. The molecule has 0 aromatic carbocycles. The molecule has 0 radical (unpaired) electrons. The maximum absolute atomic E-state index is 12.2. The third-order valence-corrected chi connectivity index (χ3v) is 5.36. The van der Waals surface area contributed by atoms with Crippen molar-refractivity contribution < 1.29 is 0 Å². The van der Waals surface area contributed by atoms with Gasteiger partial charge in [-0.25, -0.2) is 14.6 Å². The van der Waals surface area contributed by atoms with Crippen LogP contribution < -0.4 is 10.5 Å². The van der Waals surface area contributed by atoms with E-state index in [1.54, 1.807) is 35.5 Å². The average Bonchev–Trinajstić information content (AvgIpc) is 3.15. The molecular weight excluding hydrogens is 340 g/mol. The molecule has 0 amide bonds. The van der Waals surface area contributed by atoms with Crippen LogP contribution in [0.1, 0.15) is 17.7 Å². The van der Waals surface area contributed by atoms with E-state index in [-0.39, 0.29) is 5.56 Å². The zero-order valence-corrected chi connectivity index (χ0v) is 15.0. The third-order valence-electron chi connectivity index (χ3n) is 5.36. The van der Waals surface area contributed by atoms with Crippen molar-refractivity contribution in [3.63, 3.8) is 0 Å². The summed E-state index contributed by atoms with van der Waals surface area (Å²) in [5.41, 5.74) is 4.13. The molecule has 0 spiro atoms. The van der Waals surface area contributed by atoms with Crippen LogP contribution in [0, 0.1) is 5.92 Å². The Morgan fingerprint density at radius 2 is 2.04 bits per heavy atom. The molecule has 0 bridgehead atoms. The normalized spacial score (nSPS) is 16.2. The van der Waals surface area contributed by atoms with Crippen LogP contribution in [0.15, 0.2) is 47.8 Å². The summed E-state index contributed by atoms with van der Waals surface area (Å²) in [7, 11) is 0. The molecule has 27 heavy (non-hydrogen) atoms. The summed E-state index contributed by atoms with van der Waals surface area (Å²) in [6.07, 6.45) is 8.46. The minimum absolute atomic E-state index is 0.0657. The first-order valence-electron chi connectivity index (χ1n) is 9.34. The van der Waals surface area contributed by atoms with Gasteiger partial charge in [0, 0.05) is 54.3 Å². The Hall–Kier alpha value is -3.09. The molecular formula is C20H20N6O. The molecule has 1 saturated heterocycles. The summed E-state index contributed by atoms with van der Waals surface area (Å²) in [5, 5.41) is 4.54. The fourth-order valence-corrected chi connectivity index (χ4v) is 3.97. The van der Waals surface area contributed by atoms with Crippen LogP contribution in [0.3, 0.4) is 0 Å². The molecule has 1 aliphatic carbocycles. The standard InChI is InChI=1S/C20H20N6O/c27-19-7-6-17(15-3-2-8-21-9-15)24-26(19)12-14-10-25(11-14)20-16-4-1-5-18(16)22-13-23-20/h2-3,6-9,13-14H,1,4-5,10-12H2. The molecule has 0 unspecified atom stereocenters. The van der Waals surface area contributed by atoms with E-state index in [1.165, 1.54) is 17.7 Å². The largest absolute Gasteiger partial charge is 0.355 e. The zero-order valence-electron chi connectivity index (χ0n) is 15.0. The summed E-state index contributed by atoms with van der Waals surface area (Å²) in [6.45, 7) is 2.42. The van der Waals surface area contributed by atoms with E-state index in [0.717, 1.165) is 43.0 Å². The summed E-state index contributed by atoms with van der Waals surface area (Å²) in [6, 6.07) is 7.16. The van der Waals surface area contributed by atoms with Crippen LogP contribution >= 0.6 is 0 Å². The number of nitrogens with zero attached hydrogens (tertiary/aromatic N) is 6. The van der Waals surface area contributed by atoms with E-state index in [1.807, 2.05) is 12.1 Å². The number of rotatable bonds is 4. The van der Waals surface area contributed by atoms with E-state index in [4.69, 9.17) is 0 Å². The molecule has 7 heteroatoms. The number of pyridine rings is 1. The molecule has 2 aliphatic rings. The Labute approximate surface area is 156 Å². The van der Waals surface area contributed by atoms with Gasteiger partial charge in [0.25, 0.3) is 5.56 Å². The van der Waals surface area contributed by atoms with Gasteiger partial charge in [0.2, 0.25) is 0 Å². The topological polar surface area (TPSA) is 76.8 Å². The highest BCUT2D eigenvalue weighted by Crippen LogP contribution is 2.32. The van der Waals surface area contributed by atoms with Gasteiger partial charge in [-0.3, -0.25) is 9.78 Å². The lowest BCUT2D eigenvalue weighted by atomic mass is 9.99. The van der Waals surface area contributed by atoms with Crippen LogP contribution in [0.4, 0.5) is 5.82 Å². The number of hydrogen-bond acceptors (Lipinski definition) is 6. The van der Waals surface area contributed by atoms with Gasteiger partial charge in [0.05, 0.1) is 12.2 Å². The first-order chi connectivity index (χ1) is 13.3. The first-order valence-corrected chi connectivity index (χ1v) is 9.34. The fourth-order valence-electron chi connectivity index (χ4n) is 3.97. The first kappa shape index (κ1) is 16.1. The molecule has 0 saturated carbocycles. The van der Waals surface area contributed by atoms with Crippen molar-refractivity contribution in [2.75, 3.05) is 18.0 Å². The van der Waals surface area contributed by atoms with Crippen molar-refractivity contribution in [1.82, 2.24) is 24.7 Å². The Morgan fingerprint density at radius 3 is 2.89 bits per heavy atom. The number of hydrogen-bond donors (Lipinski definition) is 0. The van der Waals surface area contributed by atoms with E-state index in [9.17, 15) is 4.79 Å². The van der Waals surface area contributed by atoms with Crippen LogP contribution in [-0.2, 0) is 19.4 Å². The fraction of sp³-hybridized carbons (Fsp3) is 0.350. The number of aryl methyl sites for hydroxylation is 1. The van der Waals surface area contributed by atoms with E-state index in [2.05, 4.69) is 25.0 Å². The van der Waals surface area contributed by atoms with Gasteiger partial charge in [-0.1, -0.05) is 0 Å². The quantitative estimate of drug-likeness (QED) is 0.705. The minimum Gasteiger partial charge on any atom is -0.355 e. The van der Waals surface area contributed by atoms with Crippen LogP contribution in [0.2, 0.25) is 0 Å². The molecule has 136 valence electrons. The SMILES string of the molecule is O=c1ccc(-c2cccnc2)nn1CC1CN(c2ncnc3c2CCC3)C1. The van der Waals surface area contributed by atoms with Crippen molar-refractivity contribution in [3.05, 3.63) is 64.6 Å². The highest BCUT2D eigenvalue weighted by molar-refractivity contribution is 5.56. The molecule has 1 fully saturated rings.